The summed E-state index contributed by atoms with van der Waals surface area (Å²) >= 11 is 0. The van der Waals surface area contributed by atoms with Crippen molar-refractivity contribution in [2.75, 3.05) is 6.61 Å². The summed E-state index contributed by atoms with van der Waals surface area (Å²) < 4.78 is 9.90. The molecule has 1 fully saturated rings. The van der Waals surface area contributed by atoms with Crippen molar-refractivity contribution >= 4 is 11.9 Å². The maximum atomic E-state index is 11.4. The van der Waals surface area contributed by atoms with E-state index in [2.05, 4.69) is 11.7 Å². The Morgan fingerprint density at radius 2 is 1.71 bits per heavy atom. The minimum absolute atomic E-state index is 0.00513. The van der Waals surface area contributed by atoms with E-state index in [9.17, 15) is 9.59 Å². The van der Waals surface area contributed by atoms with Gasteiger partial charge < -0.3 is 9.47 Å². The molecule has 1 saturated carbocycles. The Bertz CT molecular complexity index is 288. The summed E-state index contributed by atoms with van der Waals surface area (Å²) in [5, 5.41) is 0. The van der Waals surface area contributed by atoms with Gasteiger partial charge in [-0.25, -0.2) is 9.59 Å². The van der Waals surface area contributed by atoms with E-state index in [-0.39, 0.29) is 6.10 Å². The van der Waals surface area contributed by atoms with E-state index in [0.717, 1.165) is 43.8 Å². The second kappa shape index (κ2) is 7.09. The van der Waals surface area contributed by atoms with Gasteiger partial charge in [0.15, 0.2) is 0 Å². The van der Waals surface area contributed by atoms with E-state index in [4.69, 9.17) is 4.74 Å². The Morgan fingerprint density at radius 3 is 2.29 bits per heavy atom. The normalized spacial score (nSPS) is 24.6. The van der Waals surface area contributed by atoms with Crippen molar-refractivity contribution in [2.24, 2.45) is 5.92 Å². The van der Waals surface area contributed by atoms with Gasteiger partial charge in [0.1, 0.15) is 6.10 Å². The van der Waals surface area contributed by atoms with E-state index in [0.29, 0.717) is 6.61 Å². The van der Waals surface area contributed by atoms with Crippen LogP contribution >= 0.6 is 0 Å². The molecule has 0 aliphatic heterocycles. The molecular weight excluding hydrogens is 220 g/mol. The molecule has 0 aromatic rings. The molecule has 0 radical (unpaired) electrons. The molecule has 0 amide bonds. The summed E-state index contributed by atoms with van der Waals surface area (Å²) in [5.41, 5.74) is 0. The lowest BCUT2D eigenvalue weighted by atomic mass is 9.89. The molecule has 0 spiro atoms. The van der Waals surface area contributed by atoms with Gasteiger partial charge in [0, 0.05) is 12.2 Å². The average molecular weight is 240 g/mol. The lowest BCUT2D eigenvalue weighted by molar-refractivity contribution is -0.145. The highest BCUT2D eigenvalue weighted by atomic mass is 16.5. The summed E-state index contributed by atoms with van der Waals surface area (Å²) in [7, 11) is 0. The predicted molar refractivity (Wildman–Crippen MR) is 63.3 cm³/mol. The van der Waals surface area contributed by atoms with Crippen molar-refractivity contribution in [3.05, 3.63) is 12.2 Å². The second-order valence-electron chi connectivity index (χ2n) is 4.40. The highest BCUT2D eigenvalue weighted by molar-refractivity contribution is 5.91. The van der Waals surface area contributed by atoms with Crippen LogP contribution in [0.1, 0.15) is 39.5 Å². The van der Waals surface area contributed by atoms with Crippen LogP contribution < -0.4 is 0 Å². The SMILES string of the molecule is CCOC(=O)/C=C/C(=O)OC1CCC(C)CC1. The number of rotatable bonds is 4. The van der Waals surface area contributed by atoms with E-state index in [1.807, 2.05) is 0 Å². The average Bonchev–Trinajstić information content (AvgIpc) is 2.30. The molecule has 0 N–H and O–H groups in total. The summed E-state index contributed by atoms with van der Waals surface area (Å²) in [6, 6.07) is 0. The summed E-state index contributed by atoms with van der Waals surface area (Å²) in [4.78, 5) is 22.4. The molecule has 1 aliphatic carbocycles. The molecule has 0 unspecified atom stereocenters. The fourth-order valence-electron chi connectivity index (χ4n) is 1.88. The van der Waals surface area contributed by atoms with Crippen molar-refractivity contribution < 1.29 is 19.1 Å². The van der Waals surface area contributed by atoms with Crippen LogP contribution in [-0.4, -0.2) is 24.6 Å². The number of carbonyl (C=O) groups excluding carboxylic acids is 2. The van der Waals surface area contributed by atoms with Crippen LogP contribution in [0.15, 0.2) is 12.2 Å². The van der Waals surface area contributed by atoms with Gasteiger partial charge >= 0.3 is 11.9 Å². The summed E-state index contributed by atoms with van der Waals surface area (Å²) in [6.07, 6.45) is 6.28. The monoisotopic (exact) mass is 240 g/mol. The number of ether oxygens (including phenoxy) is 2. The van der Waals surface area contributed by atoms with Crippen LogP contribution in [0.4, 0.5) is 0 Å². The lowest BCUT2D eigenvalue weighted by Crippen LogP contribution is -2.22. The van der Waals surface area contributed by atoms with Gasteiger partial charge in [-0.2, -0.15) is 0 Å². The fourth-order valence-corrected chi connectivity index (χ4v) is 1.88. The molecule has 4 nitrogen and oxygen atoms in total. The third kappa shape index (κ3) is 5.52. The molecule has 4 heteroatoms. The highest BCUT2D eigenvalue weighted by Crippen LogP contribution is 2.25. The summed E-state index contributed by atoms with van der Waals surface area (Å²) in [5.74, 6) is -0.251. The molecular formula is C13H20O4. The number of carbonyl (C=O) groups is 2. The predicted octanol–water partition coefficient (Wildman–Crippen LogP) is 2.23. The molecule has 0 aromatic carbocycles. The Hall–Kier alpha value is -1.32. The minimum Gasteiger partial charge on any atom is -0.463 e. The third-order valence-corrected chi connectivity index (χ3v) is 2.89. The first-order valence-electron chi connectivity index (χ1n) is 6.17. The van der Waals surface area contributed by atoms with Gasteiger partial charge in [-0.1, -0.05) is 6.92 Å². The molecule has 0 bridgehead atoms. The first kappa shape index (κ1) is 13.7. The number of hydrogen-bond acceptors (Lipinski definition) is 4. The van der Waals surface area contributed by atoms with Crippen molar-refractivity contribution in [2.45, 2.75) is 45.6 Å². The van der Waals surface area contributed by atoms with Crippen LogP contribution in [-0.2, 0) is 19.1 Å². The molecule has 1 aliphatic rings. The van der Waals surface area contributed by atoms with Crippen molar-refractivity contribution in [3.8, 4) is 0 Å². The molecule has 96 valence electrons. The van der Waals surface area contributed by atoms with Crippen molar-refractivity contribution in [3.63, 3.8) is 0 Å². The zero-order valence-corrected chi connectivity index (χ0v) is 10.5. The number of esters is 2. The Balaban J connectivity index is 2.27. The van der Waals surface area contributed by atoms with Crippen molar-refractivity contribution in [1.29, 1.82) is 0 Å². The third-order valence-electron chi connectivity index (χ3n) is 2.89. The smallest absolute Gasteiger partial charge is 0.331 e. The van der Waals surface area contributed by atoms with Gasteiger partial charge in [-0.3, -0.25) is 0 Å². The van der Waals surface area contributed by atoms with Crippen LogP contribution in [0.25, 0.3) is 0 Å². The summed E-state index contributed by atoms with van der Waals surface area (Å²) in [6.45, 7) is 4.23. The number of hydrogen-bond donors (Lipinski definition) is 0. The molecule has 0 atom stereocenters. The molecule has 0 heterocycles. The maximum Gasteiger partial charge on any atom is 0.331 e. The largest absolute Gasteiger partial charge is 0.463 e. The van der Waals surface area contributed by atoms with E-state index in [1.54, 1.807) is 6.92 Å². The van der Waals surface area contributed by atoms with E-state index in [1.165, 1.54) is 0 Å². The second-order valence-corrected chi connectivity index (χ2v) is 4.40. The Kier molecular flexibility index (Phi) is 5.73. The quantitative estimate of drug-likeness (QED) is 0.558. The van der Waals surface area contributed by atoms with Crippen LogP contribution in [0, 0.1) is 5.92 Å². The topological polar surface area (TPSA) is 52.6 Å². The van der Waals surface area contributed by atoms with Gasteiger partial charge in [-0.05, 0) is 38.5 Å². The van der Waals surface area contributed by atoms with Crippen molar-refractivity contribution in [1.82, 2.24) is 0 Å². The minimum atomic E-state index is -0.512. The standard InChI is InChI=1S/C13H20O4/c1-3-16-12(14)8-9-13(15)17-11-6-4-10(2)5-7-11/h8-11H,3-7H2,1-2H3/b9-8+. The van der Waals surface area contributed by atoms with Gasteiger partial charge in [0.05, 0.1) is 6.61 Å². The zero-order chi connectivity index (χ0) is 12.7. The maximum absolute atomic E-state index is 11.4. The molecule has 17 heavy (non-hydrogen) atoms. The van der Waals surface area contributed by atoms with Gasteiger partial charge in [-0.15, -0.1) is 0 Å². The fraction of sp³-hybridized carbons (Fsp3) is 0.692. The van der Waals surface area contributed by atoms with E-state index >= 15 is 0 Å². The van der Waals surface area contributed by atoms with Gasteiger partial charge in [0.2, 0.25) is 0 Å². The van der Waals surface area contributed by atoms with Crippen LogP contribution in [0.3, 0.4) is 0 Å². The van der Waals surface area contributed by atoms with Crippen LogP contribution in [0.2, 0.25) is 0 Å². The zero-order valence-electron chi connectivity index (χ0n) is 10.5. The highest BCUT2D eigenvalue weighted by Gasteiger charge is 2.20. The molecule has 0 aromatic heterocycles. The van der Waals surface area contributed by atoms with E-state index < -0.39 is 11.9 Å². The lowest BCUT2D eigenvalue weighted by Gasteiger charge is -2.25. The first-order chi connectivity index (χ1) is 8.11. The van der Waals surface area contributed by atoms with Gasteiger partial charge in [0.25, 0.3) is 0 Å². The van der Waals surface area contributed by atoms with Crippen LogP contribution in [0.5, 0.6) is 0 Å². The Morgan fingerprint density at radius 1 is 1.12 bits per heavy atom. The molecule has 1 rings (SSSR count). The first-order valence-corrected chi connectivity index (χ1v) is 6.17. The molecule has 0 saturated heterocycles. The Labute approximate surface area is 102 Å².